The number of methoxy groups -OCH3 is 1. The maximum absolute atomic E-state index is 11.9. The van der Waals surface area contributed by atoms with E-state index < -0.39 is 0 Å². The van der Waals surface area contributed by atoms with E-state index in [4.69, 9.17) is 4.74 Å². The number of hydrogen-bond donors (Lipinski definition) is 0. The number of rotatable bonds is 5. The molecule has 0 unspecified atom stereocenters. The lowest BCUT2D eigenvalue weighted by Crippen LogP contribution is -2.11. The van der Waals surface area contributed by atoms with Crippen LogP contribution in [-0.2, 0) is 11.2 Å². The van der Waals surface area contributed by atoms with Crippen molar-refractivity contribution in [2.24, 2.45) is 5.92 Å². The number of carbonyl (C=O) groups is 1. The zero-order chi connectivity index (χ0) is 12.1. The summed E-state index contributed by atoms with van der Waals surface area (Å²) in [5.41, 5.74) is 1.19. The Kier molecular flexibility index (Phi) is 4.18. The van der Waals surface area contributed by atoms with Crippen molar-refractivity contribution in [3.63, 3.8) is 0 Å². The molecule has 1 fully saturated rings. The zero-order valence-corrected chi connectivity index (χ0v) is 10.4. The van der Waals surface area contributed by atoms with Crippen molar-refractivity contribution in [3.05, 3.63) is 29.8 Å². The van der Waals surface area contributed by atoms with Gasteiger partial charge in [-0.05, 0) is 37.0 Å². The number of carbonyl (C=O) groups excluding carboxylic acids is 1. The summed E-state index contributed by atoms with van der Waals surface area (Å²) in [6.07, 6.45) is 6.20. The highest BCUT2D eigenvalue weighted by Gasteiger charge is 2.21. The van der Waals surface area contributed by atoms with Gasteiger partial charge in [0.2, 0.25) is 0 Å². The SMILES string of the molecule is COc1cccc(CCC(=O)C2CCCC2)c1. The topological polar surface area (TPSA) is 26.3 Å². The minimum absolute atomic E-state index is 0.348. The molecule has 2 heteroatoms. The van der Waals surface area contributed by atoms with Crippen LogP contribution in [0.25, 0.3) is 0 Å². The summed E-state index contributed by atoms with van der Waals surface area (Å²) in [5.74, 6) is 1.67. The van der Waals surface area contributed by atoms with Gasteiger partial charge in [0.25, 0.3) is 0 Å². The summed E-state index contributed by atoms with van der Waals surface area (Å²) >= 11 is 0. The van der Waals surface area contributed by atoms with Gasteiger partial charge in [0.15, 0.2) is 0 Å². The summed E-state index contributed by atoms with van der Waals surface area (Å²) in [5, 5.41) is 0. The van der Waals surface area contributed by atoms with Gasteiger partial charge in [-0.2, -0.15) is 0 Å². The predicted octanol–water partition coefficient (Wildman–Crippen LogP) is 3.39. The maximum Gasteiger partial charge on any atom is 0.136 e. The van der Waals surface area contributed by atoms with Gasteiger partial charge in [0, 0.05) is 12.3 Å². The van der Waals surface area contributed by atoms with Crippen molar-refractivity contribution in [3.8, 4) is 5.75 Å². The van der Waals surface area contributed by atoms with E-state index in [1.54, 1.807) is 7.11 Å². The molecule has 17 heavy (non-hydrogen) atoms. The number of ketones is 1. The molecule has 0 aliphatic heterocycles. The monoisotopic (exact) mass is 232 g/mol. The molecule has 0 amide bonds. The van der Waals surface area contributed by atoms with Gasteiger partial charge in [-0.25, -0.2) is 0 Å². The molecule has 0 radical (unpaired) electrons. The molecule has 0 spiro atoms. The van der Waals surface area contributed by atoms with E-state index in [0.29, 0.717) is 18.1 Å². The Balaban J connectivity index is 1.86. The number of ether oxygens (including phenoxy) is 1. The highest BCUT2D eigenvalue weighted by Crippen LogP contribution is 2.27. The van der Waals surface area contributed by atoms with Crippen LogP contribution < -0.4 is 4.74 Å². The minimum Gasteiger partial charge on any atom is -0.497 e. The summed E-state index contributed by atoms with van der Waals surface area (Å²) < 4.78 is 5.18. The first kappa shape index (κ1) is 12.2. The van der Waals surface area contributed by atoms with Gasteiger partial charge in [-0.1, -0.05) is 25.0 Å². The maximum atomic E-state index is 11.9. The second-order valence-electron chi connectivity index (χ2n) is 4.80. The number of hydrogen-bond acceptors (Lipinski definition) is 2. The lowest BCUT2D eigenvalue weighted by molar-refractivity contribution is -0.122. The van der Waals surface area contributed by atoms with Crippen LogP contribution in [0.3, 0.4) is 0 Å². The molecule has 1 aromatic carbocycles. The van der Waals surface area contributed by atoms with Crippen LogP contribution in [0, 0.1) is 5.92 Å². The Morgan fingerprint density at radius 3 is 2.82 bits per heavy atom. The third-order valence-electron chi connectivity index (χ3n) is 3.60. The van der Waals surface area contributed by atoms with Crippen molar-refractivity contribution in [2.75, 3.05) is 7.11 Å². The number of aryl methyl sites for hydroxylation is 1. The van der Waals surface area contributed by atoms with Gasteiger partial charge < -0.3 is 4.74 Å². The van der Waals surface area contributed by atoms with Crippen LogP contribution >= 0.6 is 0 Å². The summed E-state index contributed by atoms with van der Waals surface area (Å²) in [7, 11) is 1.67. The van der Waals surface area contributed by atoms with Crippen LogP contribution in [0.1, 0.15) is 37.7 Å². The van der Waals surface area contributed by atoms with Crippen molar-refractivity contribution >= 4 is 5.78 Å². The lowest BCUT2D eigenvalue weighted by Gasteiger charge is -2.08. The fraction of sp³-hybridized carbons (Fsp3) is 0.533. The van der Waals surface area contributed by atoms with Gasteiger partial charge >= 0.3 is 0 Å². The molecule has 0 atom stereocenters. The fourth-order valence-corrected chi connectivity index (χ4v) is 2.55. The van der Waals surface area contributed by atoms with Gasteiger partial charge in [-0.15, -0.1) is 0 Å². The van der Waals surface area contributed by atoms with E-state index in [-0.39, 0.29) is 0 Å². The summed E-state index contributed by atoms with van der Waals surface area (Å²) in [4.78, 5) is 11.9. The quantitative estimate of drug-likeness (QED) is 0.778. The van der Waals surface area contributed by atoms with Crippen molar-refractivity contribution in [1.29, 1.82) is 0 Å². The second-order valence-corrected chi connectivity index (χ2v) is 4.80. The molecular weight excluding hydrogens is 212 g/mol. The lowest BCUT2D eigenvalue weighted by atomic mass is 9.97. The first-order valence-corrected chi connectivity index (χ1v) is 6.45. The summed E-state index contributed by atoms with van der Waals surface area (Å²) in [6.45, 7) is 0. The van der Waals surface area contributed by atoms with E-state index >= 15 is 0 Å². The highest BCUT2D eigenvalue weighted by molar-refractivity contribution is 5.81. The van der Waals surface area contributed by atoms with E-state index in [9.17, 15) is 4.79 Å². The van der Waals surface area contributed by atoms with Crippen molar-refractivity contribution < 1.29 is 9.53 Å². The van der Waals surface area contributed by atoms with Crippen molar-refractivity contribution in [1.82, 2.24) is 0 Å². The van der Waals surface area contributed by atoms with Gasteiger partial charge in [-0.3, -0.25) is 4.79 Å². The molecule has 2 rings (SSSR count). The van der Waals surface area contributed by atoms with Crippen LogP contribution in [0.5, 0.6) is 5.75 Å². The Bertz CT molecular complexity index is 378. The number of Topliss-reactive ketones (excluding diaryl/α,β-unsaturated/α-hetero) is 1. The first-order valence-electron chi connectivity index (χ1n) is 6.45. The summed E-state index contributed by atoms with van der Waals surface area (Å²) in [6, 6.07) is 7.99. The molecule has 1 saturated carbocycles. The molecule has 1 aliphatic carbocycles. The highest BCUT2D eigenvalue weighted by atomic mass is 16.5. The Morgan fingerprint density at radius 2 is 2.12 bits per heavy atom. The Labute approximate surface area is 103 Å². The minimum atomic E-state index is 0.348. The van der Waals surface area contributed by atoms with Gasteiger partial charge in [0.05, 0.1) is 7.11 Å². The molecule has 0 aromatic heterocycles. The predicted molar refractivity (Wildman–Crippen MR) is 68.3 cm³/mol. The van der Waals surface area contributed by atoms with E-state index in [1.165, 1.54) is 18.4 Å². The first-order chi connectivity index (χ1) is 8.29. The fourth-order valence-electron chi connectivity index (χ4n) is 2.55. The molecule has 1 aliphatic rings. The van der Waals surface area contributed by atoms with Crippen LogP contribution in [-0.4, -0.2) is 12.9 Å². The average Bonchev–Trinajstić information content (AvgIpc) is 2.90. The smallest absolute Gasteiger partial charge is 0.136 e. The zero-order valence-electron chi connectivity index (χ0n) is 10.4. The van der Waals surface area contributed by atoms with Crippen LogP contribution in [0.15, 0.2) is 24.3 Å². The van der Waals surface area contributed by atoms with Crippen molar-refractivity contribution in [2.45, 2.75) is 38.5 Å². The largest absolute Gasteiger partial charge is 0.497 e. The standard InChI is InChI=1S/C15H20O2/c1-17-14-8-4-5-12(11-14)9-10-15(16)13-6-2-3-7-13/h4-5,8,11,13H,2-3,6-7,9-10H2,1H3. The van der Waals surface area contributed by atoms with E-state index in [2.05, 4.69) is 6.07 Å². The molecular formula is C15H20O2. The molecule has 0 heterocycles. The van der Waals surface area contributed by atoms with E-state index in [0.717, 1.165) is 25.0 Å². The molecule has 0 saturated heterocycles. The third-order valence-corrected chi connectivity index (χ3v) is 3.60. The normalized spacial score (nSPS) is 16.1. The van der Waals surface area contributed by atoms with Crippen LogP contribution in [0.4, 0.5) is 0 Å². The third kappa shape index (κ3) is 3.32. The van der Waals surface area contributed by atoms with E-state index in [1.807, 2.05) is 18.2 Å². The van der Waals surface area contributed by atoms with Gasteiger partial charge in [0.1, 0.15) is 11.5 Å². The molecule has 0 N–H and O–H groups in total. The molecule has 0 bridgehead atoms. The molecule has 92 valence electrons. The molecule has 1 aromatic rings. The van der Waals surface area contributed by atoms with Crippen LogP contribution in [0.2, 0.25) is 0 Å². The number of benzene rings is 1. The Hall–Kier alpha value is -1.31. The Morgan fingerprint density at radius 1 is 1.35 bits per heavy atom. The second kappa shape index (κ2) is 5.85. The molecule has 2 nitrogen and oxygen atoms in total. The average molecular weight is 232 g/mol.